The van der Waals surface area contributed by atoms with Gasteiger partial charge in [0.2, 0.25) is 5.91 Å². The molecule has 28 heavy (non-hydrogen) atoms. The lowest BCUT2D eigenvalue weighted by molar-refractivity contribution is -0.286. The van der Waals surface area contributed by atoms with Crippen LogP contribution in [0.5, 0.6) is 17.2 Å². The van der Waals surface area contributed by atoms with Crippen molar-refractivity contribution in [1.29, 1.82) is 0 Å². The molecule has 0 bridgehead atoms. The Balaban J connectivity index is 1.56. The minimum atomic E-state index is -3.67. The number of methoxy groups -OCH3 is 1. The van der Waals surface area contributed by atoms with E-state index >= 15 is 0 Å². The molecule has 0 saturated heterocycles. The van der Waals surface area contributed by atoms with E-state index in [1.807, 2.05) is 13.8 Å². The van der Waals surface area contributed by atoms with Crippen LogP contribution in [-0.2, 0) is 4.79 Å². The number of rotatable bonds is 4. The molecule has 148 valence electrons. The fraction of sp³-hybridized carbons (Fsp3) is 0.350. The highest BCUT2D eigenvalue weighted by Crippen LogP contribution is 2.65. The van der Waals surface area contributed by atoms with Crippen molar-refractivity contribution in [3.05, 3.63) is 47.0 Å². The minimum Gasteiger partial charge on any atom is -0.495 e. The van der Waals surface area contributed by atoms with Crippen LogP contribution in [0.3, 0.4) is 0 Å². The van der Waals surface area contributed by atoms with Crippen LogP contribution in [0, 0.1) is 11.3 Å². The molecule has 2 aliphatic rings. The number of fused-ring (bicyclic) bond motifs is 1. The summed E-state index contributed by atoms with van der Waals surface area (Å²) in [6.07, 6.45) is -3.67. The van der Waals surface area contributed by atoms with Gasteiger partial charge in [-0.05, 0) is 41.3 Å². The predicted octanol–water partition coefficient (Wildman–Crippen LogP) is 5.05. The van der Waals surface area contributed by atoms with Gasteiger partial charge in [0.15, 0.2) is 11.5 Å². The van der Waals surface area contributed by atoms with Crippen LogP contribution in [-0.4, -0.2) is 19.3 Å². The zero-order valence-corrected chi connectivity index (χ0v) is 16.1. The number of ether oxygens (including phenoxy) is 3. The van der Waals surface area contributed by atoms with Crippen LogP contribution in [0.2, 0.25) is 5.02 Å². The van der Waals surface area contributed by atoms with E-state index in [1.54, 1.807) is 24.3 Å². The number of carbonyl (C=O) groups is 1. The molecule has 1 N–H and O–H groups in total. The van der Waals surface area contributed by atoms with Gasteiger partial charge in [-0.15, -0.1) is 8.78 Å². The van der Waals surface area contributed by atoms with E-state index in [0.29, 0.717) is 16.5 Å². The van der Waals surface area contributed by atoms with E-state index in [9.17, 15) is 13.6 Å². The molecule has 8 heteroatoms. The van der Waals surface area contributed by atoms with Gasteiger partial charge in [-0.1, -0.05) is 31.5 Å². The summed E-state index contributed by atoms with van der Waals surface area (Å²) in [6.45, 7) is 3.91. The third-order valence-corrected chi connectivity index (χ3v) is 5.55. The molecule has 1 aliphatic heterocycles. The van der Waals surface area contributed by atoms with Gasteiger partial charge in [-0.2, -0.15) is 0 Å². The Hall–Kier alpha value is -2.54. The Morgan fingerprint density at radius 3 is 2.57 bits per heavy atom. The number of amides is 1. The Labute approximate surface area is 165 Å². The van der Waals surface area contributed by atoms with Crippen LogP contribution in [0.4, 0.5) is 14.5 Å². The van der Waals surface area contributed by atoms with Crippen LogP contribution in [0.15, 0.2) is 36.4 Å². The summed E-state index contributed by atoms with van der Waals surface area (Å²) in [5, 5.41) is 3.33. The van der Waals surface area contributed by atoms with Gasteiger partial charge in [0, 0.05) is 10.9 Å². The van der Waals surface area contributed by atoms with E-state index in [2.05, 4.69) is 14.8 Å². The Morgan fingerprint density at radius 1 is 1.14 bits per heavy atom. The zero-order chi connectivity index (χ0) is 20.3. The highest BCUT2D eigenvalue weighted by atomic mass is 35.5. The summed E-state index contributed by atoms with van der Waals surface area (Å²) in [7, 11) is 1.51. The van der Waals surface area contributed by atoms with Crippen LogP contribution >= 0.6 is 11.6 Å². The van der Waals surface area contributed by atoms with Crippen molar-refractivity contribution in [2.75, 3.05) is 12.4 Å². The van der Waals surface area contributed by atoms with Crippen molar-refractivity contribution in [2.45, 2.75) is 26.1 Å². The lowest BCUT2D eigenvalue weighted by Crippen LogP contribution is -2.25. The predicted molar refractivity (Wildman–Crippen MR) is 99.3 cm³/mol. The SMILES string of the molecule is COc1ccc(Cl)cc1NC(=O)[C@H]1[C@H](c2ccc3c(c2)OC(F)(F)O3)C1(C)C. The normalized spacial score (nSPS) is 23.2. The smallest absolute Gasteiger partial charge is 0.495 e. The lowest BCUT2D eigenvalue weighted by Gasteiger charge is -2.11. The van der Waals surface area contributed by atoms with E-state index in [1.165, 1.54) is 19.2 Å². The fourth-order valence-corrected chi connectivity index (χ4v) is 4.07. The highest BCUT2D eigenvalue weighted by molar-refractivity contribution is 6.31. The van der Waals surface area contributed by atoms with Crippen molar-refractivity contribution in [2.24, 2.45) is 11.3 Å². The topological polar surface area (TPSA) is 56.8 Å². The molecule has 2 atom stereocenters. The van der Waals surface area contributed by atoms with Crippen molar-refractivity contribution in [3.63, 3.8) is 0 Å². The molecule has 0 radical (unpaired) electrons. The number of carbonyl (C=O) groups excluding carboxylic acids is 1. The van der Waals surface area contributed by atoms with Gasteiger partial charge in [-0.25, -0.2) is 0 Å². The number of benzene rings is 2. The van der Waals surface area contributed by atoms with Gasteiger partial charge in [0.05, 0.1) is 18.7 Å². The number of halogens is 3. The molecule has 0 unspecified atom stereocenters. The summed E-state index contributed by atoms with van der Waals surface area (Å²) in [5.74, 6) is -0.243. The van der Waals surface area contributed by atoms with Crippen molar-refractivity contribution in [3.8, 4) is 17.2 Å². The first-order valence-electron chi connectivity index (χ1n) is 8.66. The molecule has 0 aromatic heterocycles. The molecule has 1 aliphatic carbocycles. The zero-order valence-electron chi connectivity index (χ0n) is 15.4. The number of nitrogens with one attached hydrogen (secondary N) is 1. The van der Waals surface area contributed by atoms with Gasteiger partial charge in [0.1, 0.15) is 5.75 Å². The number of hydrogen-bond acceptors (Lipinski definition) is 4. The first kappa shape index (κ1) is 18.8. The van der Waals surface area contributed by atoms with E-state index in [0.717, 1.165) is 5.56 Å². The van der Waals surface area contributed by atoms with Gasteiger partial charge in [-0.3, -0.25) is 4.79 Å². The summed E-state index contributed by atoms with van der Waals surface area (Å²) in [5.41, 5.74) is 0.863. The lowest BCUT2D eigenvalue weighted by atomic mass is 10.0. The molecule has 1 saturated carbocycles. The second-order valence-electron chi connectivity index (χ2n) is 7.48. The first-order valence-corrected chi connectivity index (χ1v) is 9.04. The molecular formula is C20H18ClF2NO4. The maximum absolute atomic E-state index is 13.3. The molecule has 0 spiro atoms. The molecular weight excluding hydrogens is 392 g/mol. The quantitative estimate of drug-likeness (QED) is 0.767. The molecule has 2 aromatic carbocycles. The van der Waals surface area contributed by atoms with E-state index < -0.39 is 6.29 Å². The van der Waals surface area contributed by atoms with Crippen molar-refractivity contribution >= 4 is 23.2 Å². The van der Waals surface area contributed by atoms with Gasteiger partial charge in [0.25, 0.3) is 0 Å². The summed E-state index contributed by atoms with van der Waals surface area (Å²) in [4.78, 5) is 12.9. The standard InChI is InChI=1S/C20H18ClF2NO4/c1-19(2)16(10-4-6-14-15(8-10)28-20(22,23)27-14)17(19)18(25)24-12-9-11(21)5-7-13(12)26-3/h4-9,16-17H,1-3H3,(H,24,25)/t16-,17+/m0/s1. The van der Waals surface area contributed by atoms with Gasteiger partial charge >= 0.3 is 6.29 Å². The summed E-state index contributed by atoms with van der Waals surface area (Å²) < 4.78 is 40.7. The molecule has 5 nitrogen and oxygen atoms in total. The number of alkyl halides is 2. The Kier molecular flexibility index (Phi) is 4.19. The molecule has 4 rings (SSSR count). The second kappa shape index (κ2) is 6.24. The van der Waals surface area contributed by atoms with Gasteiger partial charge < -0.3 is 19.5 Å². The van der Waals surface area contributed by atoms with Crippen LogP contribution < -0.4 is 19.5 Å². The van der Waals surface area contributed by atoms with Crippen LogP contribution in [0.1, 0.15) is 25.3 Å². The second-order valence-corrected chi connectivity index (χ2v) is 7.92. The molecule has 1 fully saturated rings. The molecule has 1 amide bonds. The molecule has 1 heterocycles. The first-order chi connectivity index (χ1) is 13.1. The Morgan fingerprint density at radius 2 is 1.86 bits per heavy atom. The van der Waals surface area contributed by atoms with Crippen molar-refractivity contribution < 1.29 is 27.8 Å². The van der Waals surface area contributed by atoms with Crippen molar-refractivity contribution in [1.82, 2.24) is 0 Å². The highest BCUT2D eigenvalue weighted by Gasteiger charge is 2.62. The minimum absolute atomic E-state index is 0.0168. The third kappa shape index (κ3) is 3.13. The number of anilines is 1. The molecule has 2 aromatic rings. The maximum Gasteiger partial charge on any atom is 0.586 e. The average molecular weight is 410 g/mol. The van der Waals surface area contributed by atoms with E-state index in [-0.39, 0.29) is 34.7 Å². The summed E-state index contributed by atoms with van der Waals surface area (Å²) >= 11 is 6.02. The number of hydrogen-bond donors (Lipinski definition) is 1. The summed E-state index contributed by atoms with van der Waals surface area (Å²) in [6, 6.07) is 9.59. The monoisotopic (exact) mass is 409 g/mol. The fourth-order valence-electron chi connectivity index (χ4n) is 3.90. The largest absolute Gasteiger partial charge is 0.586 e. The third-order valence-electron chi connectivity index (χ3n) is 5.31. The Bertz CT molecular complexity index is 963. The van der Waals surface area contributed by atoms with E-state index in [4.69, 9.17) is 16.3 Å². The average Bonchev–Trinajstić information content (AvgIpc) is 3.03. The van der Waals surface area contributed by atoms with Crippen LogP contribution in [0.25, 0.3) is 0 Å². The maximum atomic E-state index is 13.3.